The lowest BCUT2D eigenvalue weighted by molar-refractivity contribution is 0.0942. The SMILES string of the molecule is Cc1cc(NCc2c(C)n[nH]c2C)ccc1C(=O)NC(C)C. The van der Waals surface area contributed by atoms with Gasteiger partial charge in [0.05, 0.1) is 5.69 Å². The minimum atomic E-state index is -0.0272. The van der Waals surface area contributed by atoms with Crippen LogP contribution in [0.25, 0.3) is 0 Å². The minimum Gasteiger partial charge on any atom is -0.381 e. The van der Waals surface area contributed by atoms with Crippen molar-refractivity contribution in [3.8, 4) is 0 Å². The summed E-state index contributed by atoms with van der Waals surface area (Å²) in [7, 11) is 0. The fourth-order valence-electron chi connectivity index (χ4n) is 2.39. The zero-order valence-electron chi connectivity index (χ0n) is 13.9. The maximum atomic E-state index is 12.1. The van der Waals surface area contributed by atoms with Gasteiger partial charge in [-0.2, -0.15) is 5.10 Å². The number of aromatic amines is 1. The van der Waals surface area contributed by atoms with Crippen LogP contribution in [0.4, 0.5) is 5.69 Å². The molecule has 0 atom stereocenters. The molecule has 1 amide bonds. The number of carbonyl (C=O) groups excluding carboxylic acids is 1. The zero-order chi connectivity index (χ0) is 16.3. The molecule has 3 N–H and O–H groups in total. The Morgan fingerprint density at radius 3 is 2.55 bits per heavy atom. The Kier molecular flexibility index (Phi) is 4.85. The summed E-state index contributed by atoms with van der Waals surface area (Å²) < 4.78 is 0. The van der Waals surface area contributed by atoms with Gasteiger partial charge < -0.3 is 10.6 Å². The summed E-state index contributed by atoms with van der Waals surface area (Å²) in [6.45, 7) is 10.6. The highest BCUT2D eigenvalue weighted by Crippen LogP contribution is 2.18. The molecule has 1 aromatic heterocycles. The van der Waals surface area contributed by atoms with Crippen LogP contribution in [0.1, 0.15) is 46.7 Å². The second kappa shape index (κ2) is 6.64. The van der Waals surface area contributed by atoms with Crippen LogP contribution in [0.5, 0.6) is 0 Å². The number of benzene rings is 1. The lowest BCUT2D eigenvalue weighted by Gasteiger charge is -2.12. The molecule has 0 bridgehead atoms. The molecular weight excluding hydrogens is 276 g/mol. The summed E-state index contributed by atoms with van der Waals surface area (Å²) in [5, 5.41) is 13.5. The summed E-state index contributed by atoms with van der Waals surface area (Å²) in [6, 6.07) is 5.94. The van der Waals surface area contributed by atoms with Gasteiger partial charge >= 0.3 is 0 Å². The predicted octanol–water partition coefficient (Wildman–Crippen LogP) is 3.09. The Bertz CT molecular complexity index is 654. The second-order valence-electron chi connectivity index (χ2n) is 5.92. The van der Waals surface area contributed by atoms with E-state index in [1.165, 1.54) is 5.56 Å². The summed E-state index contributed by atoms with van der Waals surface area (Å²) in [5.41, 5.74) is 5.95. The molecule has 0 unspecified atom stereocenters. The summed E-state index contributed by atoms with van der Waals surface area (Å²) in [5.74, 6) is -0.0272. The Morgan fingerprint density at radius 2 is 2.00 bits per heavy atom. The third-order valence-corrected chi connectivity index (χ3v) is 3.64. The van der Waals surface area contributed by atoms with Gasteiger partial charge in [-0.25, -0.2) is 0 Å². The molecule has 0 saturated heterocycles. The van der Waals surface area contributed by atoms with Gasteiger partial charge in [-0.3, -0.25) is 9.89 Å². The van der Waals surface area contributed by atoms with Crippen molar-refractivity contribution in [2.24, 2.45) is 0 Å². The number of H-pyrrole nitrogens is 1. The van der Waals surface area contributed by atoms with Crippen molar-refractivity contribution in [1.82, 2.24) is 15.5 Å². The molecule has 0 aliphatic heterocycles. The molecule has 5 heteroatoms. The molecular formula is C17H24N4O. The van der Waals surface area contributed by atoms with Crippen molar-refractivity contribution in [2.75, 3.05) is 5.32 Å². The number of hydrogen-bond donors (Lipinski definition) is 3. The topological polar surface area (TPSA) is 69.8 Å². The molecule has 2 rings (SSSR count). The Hall–Kier alpha value is -2.30. The number of hydrogen-bond acceptors (Lipinski definition) is 3. The molecule has 0 aliphatic carbocycles. The second-order valence-corrected chi connectivity index (χ2v) is 5.92. The summed E-state index contributed by atoms with van der Waals surface area (Å²) >= 11 is 0. The minimum absolute atomic E-state index is 0.0272. The monoisotopic (exact) mass is 300 g/mol. The van der Waals surface area contributed by atoms with E-state index in [0.717, 1.165) is 28.2 Å². The smallest absolute Gasteiger partial charge is 0.251 e. The standard InChI is InChI=1S/C17H24N4O/c1-10(2)19-17(22)15-7-6-14(8-11(15)3)18-9-16-12(4)20-21-13(16)5/h6-8,10,18H,9H2,1-5H3,(H,19,22)(H,20,21). The molecule has 0 aliphatic rings. The summed E-state index contributed by atoms with van der Waals surface area (Å²) in [4.78, 5) is 12.1. The van der Waals surface area contributed by atoms with Crippen molar-refractivity contribution in [2.45, 2.75) is 47.2 Å². The average molecular weight is 300 g/mol. The number of anilines is 1. The van der Waals surface area contributed by atoms with E-state index in [0.29, 0.717) is 6.54 Å². The van der Waals surface area contributed by atoms with Gasteiger partial charge in [0, 0.05) is 35.1 Å². The van der Waals surface area contributed by atoms with E-state index in [9.17, 15) is 4.79 Å². The first-order valence-electron chi connectivity index (χ1n) is 7.54. The van der Waals surface area contributed by atoms with E-state index < -0.39 is 0 Å². The van der Waals surface area contributed by atoms with E-state index in [1.807, 2.05) is 52.8 Å². The van der Waals surface area contributed by atoms with Crippen molar-refractivity contribution >= 4 is 11.6 Å². The molecule has 0 radical (unpaired) electrons. The normalized spacial score (nSPS) is 10.8. The molecule has 0 spiro atoms. The summed E-state index contributed by atoms with van der Waals surface area (Å²) in [6.07, 6.45) is 0. The highest BCUT2D eigenvalue weighted by Gasteiger charge is 2.11. The van der Waals surface area contributed by atoms with E-state index in [2.05, 4.69) is 20.8 Å². The molecule has 1 aromatic carbocycles. The molecule has 0 fully saturated rings. The molecule has 2 aromatic rings. The van der Waals surface area contributed by atoms with Crippen LogP contribution in [-0.2, 0) is 6.54 Å². The van der Waals surface area contributed by atoms with E-state index in [1.54, 1.807) is 0 Å². The van der Waals surface area contributed by atoms with Crippen molar-refractivity contribution in [1.29, 1.82) is 0 Å². The van der Waals surface area contributed by atoms with Gasteiger partial charge in [-0.15, -0.1) is 0 Å². The third kappa shape index (κ3) is 3.67. The van der Waals surface area contributed by atoms with Crippen molar-refractivity contribution in [3.63, 3.8) is 0 Å². The number of aryl methyl sites for hydroxylation is 3. The van der Waals surface area contributed by atoms with E-state index >= 15 is 0 Å². The van der Waals surface area contributed by atoms with Crippen LogP contribution in [0.3, 0.4) is 0 Å². The van der Waals surface area contributed by atoms with E-state index in [-0.39, 0.29) is 11.9 Å². The molecule has 0 saturated carbocycles. The lowest BCUT2D eigenvalue weighted by Crippen LogP contribution is -2.30. The van der Waals surface area contributed by atoms with Crippen LogP contribution in [0.2, 0.25) is 0 Å². The van der Waals surface area contributed by atoms with E-state index in [4.69, 9.17) is 0 Å². The van der Waals surface area contributed by atoms with Crippen LogP contribution >= 0.6 is 0 Å². The number of rotatable bonds is 5. The number of aromatic nitrogens is 2. The fourth-order valence-corrected chi connectivity index (χ4v) is 2.39. The molecule has 22 heavy (non-hydrogen) atoms. The quantitative estimate of drug-likeness (QED) is 0.794. The van der Waals surface area contributed by atoms with Crippen LogP contribution in [0.15, 0.2) is 18.2 Å². The van der Waals surface area contributed by atoms with Crippen molar-refractivity contribution in [3.05, 3.63) is 46.3 Å². The first-order chi connectivity index (χ1) is 10.4. The van der Waals surface area contributed by atoms with Crippen LogP contribution < -0.4 is 10.6 Å². The molecule has 5 nitrogen and oxygen atoms in total. The number of carbonyl (C=O) groups is 1. The first kappa shape index (κ1) is 16.1. The Balaban J connectivity index is 2.08. The van der Waals surface area contributed by atoms with Gasteiger partial charge in [0.1, 0.15) is 0 Å². The van der Waals surface area contributed by atoms with Gasteiger partial charge in [0.2, 0.25) is 0 Å². The van der Waals surface area contributed by atoms with Gasteiger partial charge in [0.15, 0.2) is 0 Å². The molecule has 1 heterocycles. The Morgan fingerprint density at radius 1 is 1.27 bits per heavy atom. The number of nitrogens with one attached hydrogen (secondary N) is 3. The number of nitrogens with zero attached hydrogens (tertiary/aromatic N) is 1. The van der Waals surface area contributed by atoms with Gasteiger partial charge in [0.25, 0.3) is 5.91 Å². The van der Waals surface area contributed by atoms with Crippen LogP contribution in [-0.4, -0.2) is 22.1 Å². The Labute approximate surface area is 131 Å². The highest BCUT2D eigenvalue weighted by atomic mass is 16.1. The van der Waals surface area contributed by atoms with Crippen LogP contribution in [0, 0.1) is 20.8 Å². The largest absolute Gasteiger partial charge is 0.381 e. The zero-order valence-corrected chi connectivity index (χ0v) is 13.9. The van der Waals surface area contributed by atoms with Gasteiger partial charge in [-0.1, -0.05) is 0 Å². The maximum absolute atomic E-state index is 12.1. The van der Waals surface area contributed by atoms with Crippen molar-refractivity contribution < 1.29 is 4.79 Å². The predicted molar refractivity (Wildman–Crippen MR) is 89.2 cm³/mol. The number of amides is 1. The third-order valence-electron chi connectivity index (χ3n) is 3.64. The molecule has 118 valence electrons. The average Bonchev–Trinajstić information content (AvgIpc) is 2.75. The highest BCUT2D eigenvalue weighted by molar-refractivity contribution is 5.96. The fraction of sp³-hybridized carbons (Fsp3) is 0.412. The lowest BCUT2D eigenvalue weighted by atomic mass is 10.1. The maximum Gasteiger partial charge on any atom is 0.251 e. The first-order valence-corrected chi connectivity index (χ1v) is 7.54. The van der Waals surface area contributed by atoms with Gasteiger partial charge in [-0.05, 0) is 58.4 Å².